The van der Waals surface area contributed by atoms with Gasteiger partial charge in [0.1, 0.15) is 5.75 Å². The molecule has 1 N–H and O–H groups in total. The summed E-state index contributed by atoms with van der Waals surface area (Å²) in [5.74, 6) is 0.700. The Labute approximate surface area is 142 Å². The fourth-order valence-corrected chi connectivity index (χ4v) is 4.70. The number of sulfone groups is 1. The Morgan fingerprint density at radius 2 is 2.13 bits per heavy atom. The Balaban J connectivity index is 1.95. The summed E-state index contributed by atoms with van der Waals surface area (Å²) in [6.07, 6.45) is 0.464. The van der Waals surface area contributed by atoms with Gasteiger partial charge in [-0.25, -0.2) is 8.42 Å². The van der Waals surface area contributed by atoms with Crippen molar-refractivity contribution in [3.8, 4) is 5.75 Å². The van der Waals surface area contributed by atoms with E-state index in [0.29, 0.717) is 17.2 Å². The Hall–Kier alpha value is -1.27. The van der Waals surface area contributed by atoms with Crippen molar-refractivity contribution in [1.29, 1.82) is 0 Å². The van der Waals surface area contributed by atoms with Gasteiger partial charge in [0.05, 0.1) is 11.5 Å². The molecular weight excluding hydrogens is 338 g/mol. The molecule has 0 aromatic heterocycles. The highest BCUT2D eigenvalue weighted by molar-refractivity contribution is 7.91. The molecule has 0 spiro atoms. The van der Waals surface area contributed by atoms with Crippen LogP contribution in [0.1, 0.15) is 37.3 Å². The van der Waals surface area contributed by atoms with Crippen LogP contribution >= 0.6 is 11.6 Å². The maximum atomic E-state index is 11.9. The number of hydrogen-bond acceptors (Lipinski definition) is 4. The van der Waals surface area contributed by atoms with E-state index in [1.807, 2.05) is 32.9 Å². The Kier molecular flexibility index (Phi) is 5.57. The number of carbonyl (C=O) groups is 1. The zero-order valence-corrected chi connectivity index (χ0v) is 15.1. The van der Waals surface area contributed by atoms with Crippen molar-refractivity contribution in [2.24, 2.45) is 0 Å². The maximum Gasteiger partial charge on any atom is 0.258 e. The van der Waals surface area contributed by atoms with Gasteiger partial charge in [0.25, 0.3) is 5.91 Å². The van der Waals surface area contributed by atoms with E-state index in [9.17, 15) is 13.2 Å². The standard InChI is InChI=1S/C16H22ClNO4S/c1-10(2)13-7-15(11(3)6-14(13)17)22-8-16(19)18-12-4-5-23(20,21)9-12/h6-7,10,12H,4-5,8-9H2,1-3H3,(H,18,19)/t12-/m1/s1. The molecule has 1 fully saturated rings. The average Bonchev–Trinajstić information content (AvgIpc) is 2.76. The molecule has 1 aromatic carbocycles. The van der Waals surface area contributed by atoms with Crippen molar-refractivity contribution in [3.05, 3.63) is 28.3 Å². The molecule has 1 heterocycles. The number of rotatable bonds is 5. The molecule has 128 valence electrons. The van der Waals surface area contributed by atoms with Crippen molar-refractivity contribution < 1.29 is 17.9 Å². The number of ether oxygens (including phenoxy) is 1. The molecule has 2 rings (SSSR count). The largest absolute Gasteiger partial charge is 0.483 e. The van der Waals surface area contributed by atoms with Crippen LogP contribution in [0.5, 0.6) is 5.75 Å². The second kappa shape index (κ2) is 7.09. The number of amides is 1. The monoisotopic (exact) mass is 359 g/mol. The topological polar surface area (TPSA) is 72.5 Å². The van der Waals surface area contributed by atoms with Crippen LogP contribution in [0.25, 0.3) is 0 Å². The van der Waals surface area contributed by atoms with Crippen LogP contribution in [0.4, 0.5) is 0 Å². The van der Waals surface area contributed by atoms with Crippen LogP contribution in [-0.4, -0.2) is 38.5 Å². The van der Waals surface area contributed by atoms with E-state index in [2.05, 4.69) is 5.32 Å². The molecule has 1 aromatic rings. The normalized spacial score (nSPS) is 19.8. The smallest absolute Gasteiger partial charge is 0.258 e. The van der Waals surface area contributed by atoms with Gasteiger partial charge < -0.3 is 10.1 Å². The SMILES string of the molecule is Cc1cc(Cl)c(C(C)C)cc1OCC(=O)N[C@@H]1CCS(=O)(=O)C1. The van der Waals surface area contributed by atoms with Gasteiger partial charge in [0.2, 0.25) is 0 Å². The van der Waals surface area contributed by atoms with E-state index in [-0.39, 0.29) is 36.0 Å². The zero-order chi connectivity index (χ0) is 17.2. The molecule has 1 amide bonds. The number of nitrogens with one attached hydrogen (secondary N) is 1. The third-order valence-electron chi connectivity index (χ3n) is 3.87. The van der Waals surface area contributed by atoms with Crippen LogP contribution in [-0.2, 0) is 14.6 Å². The first kappa shape index (κ1) is 18.1. The molecule has 0 bridgehead atoms. The Morgan fingerprint density at radius 3 is 2.70 bits per heavy atom. The Bertz CT molecular complexity index is 700. The highest BCUT2D eigenvalue weighted by Gasteiger charge is 2.28. The first-order chi connectivity index (χ1) is 10.7. The number of aryl methyl sites for hydroxylation is 1. The molecule has 7 heteroatoms. The molecule has 0 aliphatic carbocycles. The summed E-state index contributed by atoms with van der Waals surface area (Å²) in [6.45, 7) is 5.80. The van der Waals surface area contributed by atoms with Crippen LogP contribution < -0.4 is 10.1 Å². The van der Waals surface area contributed by atoms with Crippen LogP contribution in [0.2, 0.25) is 5.02 Å². The molecule has 1 aliphatic rings. The summed E-state index contributed by atoms with van der Waals surface area (Å²) < 4.78 is 28.4. The predicted octanol–water partition coefficient (Wildman–Crippen LogP) is 2.45. The molecule has 0 radical (unpaired) electrons. The van der Waals surface area contributed by atoms with Crippen molar-refractivity contribution >= 4 is 27.3 Å². The van der Waals surface area contributed by atoms with Gasteiger partial charge in [-0.1, -0.05) is 25.4 Å². The quantitative estimate of drug-likeness (QED) is 0.876. The molecule has 1 atom stereocenters. The number of carbonyl (C=O) groups excluding carboxylic acids is 1. The fraction of sp³-hybridized carbons (Fsp3) is 0.562. The number of hydrogen-bond donors (Lipinski definition) is 1. The van der Waals surface area contributed by atoms with Gasteiger partial charge in [-0.15, -0.1) is 0 Å². The summed E-state index contributed by atoms with van der Waals surface area (Å²) in [7, 11) is -3.01. The third kappa shape index (κ3) is 4.85. The van der Waals surface area contributed by atoms with E-state index >= 15 is 0 Å². The van der Waals surface area contributed by atoms with E-state index < -0.39 is 9.84 Å². The van der Waals surface area contributed by atoms with Crippen LogP contribution in [0.15, 0.2) is 12.1 Å². The fourth-order valence-electron chi connectivity index (χ4n) is 2.59. The highest BCUT2D eigenvalue weighted by atomic mass is 35.5. The first-order valence-corrected chi connectivity index (χ1v) is 9.80. The predicted molar refractivity (Wildman–Crippen MR) is 91.0 cm³/mol. The van der Waals surface area contributed by atoms with Crippen molar-refractivity contribution in [2.75, 3.05) is 18.1 Å². The lowest BCUT2D eigenvalue weighted by Gasteiger charge is -2.15. The molecule has 5 nitrogen and oxygen atoms in total. The molecule has 1 aliphatic heterocycles. The van der Waals surface area contributed by atoms with E-state index in [0.717, 1.165) is 11.1 Å². The average molecular weight is 360 g/mol. The molecule has 1 saturated heterocycles. The van der Waals surface area contributed by atoms with Crippen molar-refractivity contribution in [1.82, 2.24) is 5.32 Å². The minimum Gasteiger partial charge on any atom is -0.483 e. The second-order valence-corrected chi connectivity index (χ2v) is 8.89. The third-order valence-corrected chi connectivity index (χ3v) is 5.97. The second-order valence-electron chi connectivity index (χ2n) is 6.25. The zero-order valence-electron chi connectivity index (χ0n) is 13.6. The summed E-state index contributed by atoms with van der Waals surface area (Å²) in [5, 5.41) is 3.39. The van der Waals surface area contributed by atoms with Crippen molar-refractivity contribution in [2.45, 2.75) is 39.2 Å². The Morgan fingerprint density at radius 1 is 1.43 bits per heavy atom. The molecule has 23 heavy (non-hydrogen) atoms. The summed E-state index contributed by atoms with van der Waals surface area (Å²) in [6, 6.07) is 3.37. The summed E-state index contributed by atoms with van der Waals surface area (Å²) in [5.41, 5.74) is 1.82. The van der Waals surface area contributed by atoms with Crippen molar-refractivity contribution in [3.63, 3.8) is 0 Å². The van der Waals surface area contributed by atoms with Gasteiger partial charge >= 0.3 is 0 Å². The summed E-state index contributed by atoms with van der Waals surface area (Å²) in [4.78, 5) is 11.9. The minimum absolute atomic E-state index is 0.0101. The minimum atomic E-state index is -3.01. The van der Waals surface area contributed by atoms with Gasteiger partial charge in [-0.05, 0) is 42.5 Å². The van der Waals surface area contributed by atoms with Gasteiger partial charge in [0.15, 0.2) is 16.4 Å². The van der Waals surface area contributed by atoms with E-state index in [1.54, 1.807) is 0 Å². The molecule has 0 unspecified atom stereocenters. The lowest BCUT2D eigenvalue weighted by molar-refractivity contribution is -0.123. The molecule has 0 saturated carbocycles. The van der Waals surface area contributed by atoms with Crippen LogP contribution in [0, 0.1) is 6.92 Å². The van der Waals surface area contributed by atoms with Gasteiger partial charge in [-0.3, -0.25) is 4.79 Å². The number of benzene rings is 1. The maximum absolute atomic E-state index is 11.9. The van der Waals surface area contributed by atoms with Crippen LogP contribution in [0.3, 0.4) is 0 Å². The first-order valence-electron chi connectivity index (χ1n) is 7.60. The lowest BCUT2D eigenvalue weighted by Crippen LogP contribution is -2.38. The molecular formula is C16H22ClNO4S. The summed E-state index contributed by atoms with van der Waals surface area (Å²) >= 11 is 6.21. The lowest BCUT2D eigenvalue weighted by atomic mass is 10.0. The highest BCUT2D eigenvalue weighted by Crippen LogP contribution is 2.31. The van der Waals surface area contributed by atoms with Gasteiger partial charge in [-0.2, -0.15) is 0 Å². The van der Waals surface area contributed by atoms with E-state index in [4.69, 9.17) is 16.3 Å². The van der Waals surface area contributed by atoms with Gasteiger partial charge in [0, 0.05) is 11.1 Å². The van der Waals surface area contributed by atoms with E-state index in [1.165, 1.54) is 0 Å². The number of halogens is 1.